The van der Waals surface area contributed by atoms with Crippen LogP contribution >= 0.6 is 11.6 Å². The second-order valence-electron chi connectivity index (χ2n) is 5.10. The Hall–Kier alpha value is -2.50. The van der Waals surface area contributed by atoms with E-state index in [-0.39, 0.29) is 4.90 Å². The van der Waals surface area contributed by atoms with Crippen molar-refractivity contribution in [3.63, 3.8) is 0 Å². The van der Waals surface area contributed by atoms with E-state index < -0.39 is 10.0 Å². The first-order chi connectivity index (χ1) is 11.5. The zero-order valence-corrected chi connectivity index (χ0v) is 14.2. The van der Waals surface area contributed by atoms with E-state index in [2.05, 4.69) is 10.0 Å². The normalized spacial score (nSPS) is 11.0. The van der Waals surface area contributed by atoms with E-state index in [1.54, 1.807) is 36.4 Å². The standard InChI is InChI=1S/C18H15ClN2O2S/c19-17-13-15(21-24(22,23)16-9-5-2-6-10-16)11-12-18(17)20-14-7-3-1-4-8-14/h1-13,20-21H. The van der Waals surface area contributed by atoms with Crippen LogP contribution < -0.4 is 10.0 Å². The molecule has 122 valence electrons. The lowest BCUT2D eigenvalue weighted by molar-refractivity contribution is 0.601. The fourth-order valence-corrected chi connectivity index (χ4v) is 3.47. The second kappa shape index (κ2) is 6.95. The van der Waals surface area contributed by atoms with E-state index in [0.717, 1.165) is 5.69 Å². The van der Waals surface area contributed by atoms with Crippen molar-refractivity contribution in [1.29, 1.82) is 0 Å². The van der Waals surface area contributed by atoms with Crippen molar-refractivity contribution in [3.8, 4) is 0 Å². The molecule has 0 atom stereocenters. The predicted molar refractivity (Wildman–Crippen MR) is 98.4 cm³/mol. The molecule has 3 rings (SSSR count). The van der Waals surface area contributed by atoms with Crippen LogP contribution in [-0.4, -0.2) is 8.42 Å². The Morgan fingerprint density at radius 1 is 0.750 bits per heavy atom. The largest absolute Gasteiger partial charge is 0.354 e. The smallest absolute Gasteiger partial charge is 0.261 e. The average Bonchev–Trinajstić information content (AvgIpc) is 2.59. The molecule has 24 heavy (non-hydrogen) atoms. The molecule has 2 N–H and O–H groups in total. The average molecular weight is 359 g/mol. The van der Waals surface area contributed by atoms with Crippen molar-refractivity contribution in [2.75, 3.05) is 10.0 Å². The van der Waals surface area contributed by atoms with Gasteiger partial charge in [-0.15, -0.1) is 0 Å². The maximum absolute atomic E-state index is 12.3. The number of hydrogen-bond acceptors (Lipinski definition) is 3. The highest BCUT2D eigenvalue weighted by molar-refractivity contribution is 7.92. The monoisotopic (exact) mass is 358 g/mol. The third-order valence-corrected chi connectivity index (χ3v) is 5.04. The van der Waals surface area contributed by atoms with Crippen molar-refractivity contribution in [2.24, 2.45) is 0 Å². The number of nitrogens with one attached hydrogen (secondary N) is 2. The van der Waals surface area contributed by atoms with E-state index >= 15 is 0 Å². The summed E-state index contributed by atoms with van der Waals surface area (Å²) >= 11 is 6.26. The lowest BCUT2D eigenvalue weighted by Gasteiger charge is -2.12. The molecule has 3 aromatic rings. The van der Waals surface area contributed by atoms with Crippen LogP contribution in [0.3, 0.4) is 0 Å². The van der Waals surface area contributed by atoms with Gasteiger partial charge in [-0.2, -0.15) is 0 Å². The lowest BCUT2D eigenvalue weighted by Crippen LogP contribution is -2.12. The van der Waals surface area contributed by atoms with Crippen LogP contribution in [0.1, 0.15) is 0 Å². The van der Waals surface area contributed by atoms with Crippen molar-refractivity contribution >= 4 is 38.7 Å². The Morgan fingerprint density at radius 3 is 2.00 bits per heavy atom. The van der Waals surface area contributed by atoms with E-state index in [4.69, 9.17) is 11.6 Å². The number of sulfonamides is 1. The molecule has 0 spiro atoms. The lowest BCUT2D eigenvalue weighted by atomic mass is 10.2. The predicted octanol–water partition coefficient (Wildman–Crippen LogP) is 4.88. The maximum Gasteiger partial charge on any atom is 0.261 e. The molecular formula is C18H15ClN2O2S. The molecule has 0 unspecified atom stereocenters. The van der Waals surface area contributed by atoms with Crippen LogP contribution in [0.2, 0.25) is 5.02 Å². The van der Waals surface area contributed by atoms with Crippen LogP contribution in [-0.2, 0) is 10.0 Å². The molecule has 0 bridgehead atoms. The molecule has 4 nitrogen and oxygen atoms in total. The van der Waals surface area contributed by atoms with Crippen LogP contribution in [0.15, 0.2) is 83.8 Å². The molecule has 6 heteroatoms. The third-order valence-electron chi connectivity index (χ3n) is 3.33. The number of hydrogen-bond donors (Lipinski definition) is 2. The molecule has 0 aliphatic carbocycles. The number of benzene rings is 3. The summed E-state index contributed by atoms with van der Waals surface area (Å²) in [6.45, 7) is 0. The van der Waals surface area contributed by atoms with Gasteiger partial charge in [-0.05, 0) is 42.5 Å². The third kappa shape index (κ3) is 3.88. The van der Waals surface area contributed by atoms with Crippen LogP contribution in [0, 0.1) is 0 Å². The summed E-state index contributed by atoms with van der Waals surface area (Å²) in [5.41, 5.74) is 2.00. The first-order valence-corrected chi connectivity index (χ1v) is 9.10. The fraction of sp³-hybridized carbons (Fsp3) is 0. The highest BCUT2D eigenvalue weighted by atomic mass is 35.5. The maximum atomic E-state index is 12.3. The van der Waals surface area contributed by atoms with E-state index in [0.29, 0.717) is 16.4 Å². The number of halogens is 1. The zero-order chi connectivity index (χ0) is 17.0. The molecule has 0 radical (unpaired) electrons. The van der Waals surface area contributed by atoms with Crippen molar-refractivity contribution in [3.05, 3.63) is 83.9 Å². The van der Waals surface area contributed by atoms with Gasteiger partial charge in [-0.1, -0.05) is 48.0 Å². The Bertz CT molecular complexity index is 930. The number of anilines is 3. The van der Waals surface area contributed by atoms with Gasteiger partial charge in [0.15, 0.2) is 0 Å². The van der Waals surface area contributed by atoms with Crippen LogP contribution in [0.5, 0.6) is 0 Å². The highest BCUT2D eigenvalue weighted by Gasteiger charge is 2.14. The van der Waals surface area contributed by atoms with Gasteiger partial charge in [0.05, 0.1) is 21.3 Å². The van der Waals surface area contributed by atoms with Crippen LogP contribution in [0.4, 0.5) is 17.1 Å². The highest BCUT2D eigenvalue weighted by Crippen LogP contribution is 2.29. The van der Waals surface area contributed by atoms with Crippen molar-refractivity contribution in [1.82, 2.24) is 0 Å². The van der Waals surface area contributed by atoms with Crippen LogP contribution in [0.25, 0.3) is 0 Å². The molecule has 0 aliphatic heterocycles. The van der Waals surface area contributed by atoms with Gasteiger partial charge in [0.2, 0.25) is 0 Å². The molecule has 0 saturated carbocycles. The summed E-state index contributed by atoms with van der Waals surface area (Å²) < 4.78 is 27.2. The first-order valence-electron chi connectivity index (χ1n) is 7.24. The summed E-state index contributed by atoms with van der Waals surface area (Å²) in [4.78, 5) is 0.201. The summed E-state index contributed by atoms with van der Waals surface area (Å²) in [6, 6.07) is 22.8. The van der Waals surface area contributed by atoms with Gasteiger partial charge < -0.3 is 5.32 Å². The van der Waals surface area contributed by atoms with Gasteiger partial charge in [0, 0.05) is 5.69 Å². The minimum absolute atomic E-state index is 0.201. The van der Waals surface area contributed by atoms with Crippen molar-refractivity contribution < 1.29 is 8.42 Å². The molecule has 3 aromatic carbocycles. The quantitative estimate of drug-likeness (QED) is 0.683. The molecule has 0 heterocycles. The fourth-order valence-electron chi connectivity index (χ4n) is 2.17. The number of rotatable bonds is 5. The Kier molecular flexibility index (Phi) is 4.74. The molecule has 0 aromatic heterocycles. The summed E-state index contributed by atoms with van der Waals surface area (Å²) in [5, 5.41) is 3.61. The minimum Gasteiger partial charge on any atom is -0.354 e. The topological polar surface area (TPSA) is 58.2 Å². The second-order valence-corrected chi connectivity index (χ2v) is 7.19. The Labute approximate surface area is 146 Å². The summed E-state index contributed by atoms with van der Waals surface area (Å²) in [6.07, 6.45) is 0. The van der Waals surface area contributed by atoms with Gasteiger partial charge in [-0.25, -0.2) is 8.42 Å². The SMILES string of the molecule is O=S(=O)(Nc1ccc(Nc2ccccc2)c(Cl)c1)c1ccccc1. The minimum atomic E-state index is -3.63. The van der Waals surface area contributed by atoms with E-state index in [1.165, 1.54) is 12.1 Å². The van der Waals surface area contributed by atoms with E-state index in [9.17, 15) is 8.42 Å². The zero-order valence-electron chi connectivity index (χ0n) is 12.6. The first kappa shape index (κ1) is 16.4. The Morgan fingerprint density at radius 2 is 1.38 bits per heavy atom. The summed E-state index contributed by atoms with van der Waals surface area (Å²) in [5.74, 6) is 0. The molecule has 0 saturated heterocycles. The van der Waals surface area contributed by atoms with Crippen molar-refractivity contribution in [2.45, 2.75) is 4.90 Å². The molecular weight excluding hydrogens is 344 g/mol. The molecule has 0 aliphatic rings. The Balaban J connectivity index is 1.80. The van der Waals surface area contributed by atoms with Gasteiger partial charge >= 0.3 is 0 Å². The van der Waals surface area contributed by atoms with Gasteiger partial charge in [-0.3, -0.25) is 4.72 Å². The molecule has 0 fully saturated rings. The van der Waals surface area contributed by atoms with Gasteiger partial charge in [0.1, 0.15) is 0 Å². The summed E-state index contributed by atoms with van der Waals surface area (Å²) in [7, 11) is -3.63. The van der Waals surface area contributed by atoms with E-state index in [1.807, 2.05) is 30.3 Å². The number of para-hydroxylation sites is 1. The molecule has 0 amide bonds. The van der Waals surface area contributed by atoms with Gasteiger partial charge in [0.25, 0.3) is 10.0 Å².